The second-order valence-corrected chi connectivity index (χ2v) is 17.9. The second-order valence-electron chi connectivity index (χ2n) is 15.7. The van der Waals surface area contributed by atoms with Crippen molar-refractivity contribution < 1.29 is 39.6 Å². The smallest absolute Gasteiger partial charge is 0.293 e. The summed E-state index contributed by atoms with van der Waals surface area (Å²) in [4.78, 5) is 26.4. The minimum atomic E-state index is -3.83. The van der Waals surface area contributed by atoms with Crippen LogP contribution in [0.4, 0.5) is 32.2 Å². The van der Waals surface area contributed by atoms with Crippen LogP contribution in [0.5, 0.6) is 0 Å². The van der Waals surface area contributed by atoms with Crippen LogP contribution < -0.4 is 10.0 Å². The highest BCUT2D eigenvalue weighted by Gasteiger charge is 2.62. The fourth-order valence-electron chi connectivity index (χ4n) is 8.27. The minimum Gasteiger partial charge on any atom is -0.347 e. The molecule has 4 aromatic heterocycles. The van der Waals surface area contributed by atoms with Crippen LogP contribution in [0.2, 0.25) is 5.02 Å². The van der Waals surface area contributed by atoms with E-state index in [0.29, 0.717) is 33.2 Å². The number of rotatable bonds is 11. The molecule has 2 aromatic carbocycles. The number of fused-ring (bicyclic) bond motifs is 4. The molecule has 0 saturated heterocycles. The van der Waals surface area contributed by atoms with Crippen molar-refractivity contribution in [2.24, 2.45) is 13.0 Å². The number of halogens is 7. The number of alkyl halides is 4. The zero-order valence-electron chi connectivity index (χ0n) is 32.8. The summed E-state index contributed by atoms with van der Waals surface area (Å²) >= 11 is 6.64. The number of aromatic nitrogens is 7. The van der Waals surface area contributed by atoms with Gasteiger partial charge in [-0.3, -0.25) is 18.9 Å². The summed E-state index contributed by atoms with van der Waals surface area (Å²) in [5.41, 5.74) is -1.26. The molecule has 12 nitrogen and oxygen atoms in total. The van der Waals surface area contributed by atoms with Crippen molar-refractivity contribution in [3.05, 3.63) is 111 Å². The van der Waals surface area contributed by atoms with E-state index in [9.17, 15) is 30.8 Å². The molecule has 2 aliphatic rings. The number of carbonyl (C=O) groups excluding carboxylic acids is 1. The number of nitrogens with zero attached hydrogens (tertiary/aromatic N) is 6. The molecule has 3 N–H and O–H groups in total. The molecule has 61 heavy (non-hydrogen) atoms. The maximum atomic E-state index is 15.7. The lowest BCUT2D eigenvalue weighted by Crippen LogP contribution is -2.36. The number of pyridine rings is 1. The number of benzene rings is 2. The van der Waals surface area contributed by atoms with E-state index in [0.717, 1.165) is 18.4 Å². The van der Waals surface area contributed by atoms with Crippen molar-refractivity contribution in [2.75, 3.05) is 11.0 Å². The molecule has 2 aliphatic carbocycles. The van der Waals surface area contributed by atoms with E-state index in [-0.39, 0.29) is 58.0 Å². The lowest BCUT2D eigenvalue weighted by atomic mass is 9.73. The molecule has 0 spiro atoms. The van der Waals surface area contributed by atoms with Gasteiger partial charge < -0.3 is 10.3 Å². The van der Waals surface area contributed by atoms with Gasteiger partial charge in [0.15, 0.2) is 5.82 Å². The van der Waals surface area contributed by atoms with E-state index in [1.807, 2.05) is 13.8 Å². The summed E-state index contributed by atoms with van der Waals surface area (Å²) in [5, 5.41) is 11.3. The third-order valence-electron chi connectivity index (χ3n) is 11.0. The summed E-state index contributed by atoms with van der Waals surface area (Å²) in [6, 6.07) is 7.79. The van der Waals surface area contributed by atoms with Gasteiger partial charge in [-0.05, 0) is 80.8 Å². The fraction of sp³-hybridized carbons (Fsp3) is 0.341. The van der Waals surface area contributed by atoms with Crippen LogP contribution in [0.15, 0.2) is 54.9 Å². The summed E-state index contributed by atoms with van der Waals surface area (Å²) in [5.74, 6) is -1.66. The highest BCUT2D eigenvalue weighted by atomic mass is 35.5. The largest absolute Gasteiger partial charge is 0.347 e. The number of hydrogen-bond donors (Lipinski definition) is 3. The molecule has 318 valence electrons. The van der Waals surface area contributed by atoms with Crippen LogP contribution in [0.1, 0.15) is 84.8 Å². The molecule has 4 heterocycles. The Labute approximate surface area is 350 Å². The molecule has 1 fully saturated rings. The van der Waals surface area contributed by atoms with Gasteiger partial charge in [0.25, 0.3) is 12.3 Å². The Morgan fingerprint density at radius 3 is 2.43 bits per heavy atom. The van der Waals surface area contributed by atoms with E-state index >= 15 is 8.78 Å². The number of sulfonamides is 1. The first kappa shape index (κ1) is 41.8. The van der Waals surface area contributed by atoms with E-state index in [1.54, 1.807) is 37.6 Å². The predicted molar refractivity (Wildman–Crippen MR) is 213 cm³/mol. The van der Waals surface area contributed by atoms with Gasteiger partial charge in [-0.15, -0.1) is 0 Å². The Kier molecular flexibility index (Phi) is 10.5. The molecule has 3 atom stereocenters. The number of anilines is 1. The van der Waals surface area contributed by atoms with Gasteiger partial charge in [-0.25, -0.2) is 35.9 Å². The number of amides is 1. The molecular weight excluding hydrogens is 848 g/mol. The number of aromatic amines is 1. The molecule has 8 rings (SSSR count). The molecule has 0 radical (unpaired) electrons. The van der Waals surface area contributed by atoms with E-state index in [1.165, 1.54) is 10.7 Å². The zero-order chi connectivity index (χ0) is 43.8. The van der Waals surface area contributed by atoms with E-state index < -0.39 is 81.1 Å². The molecule has 0 bridgehead atoms. The molecule has 6 aromatic rings. The van der Waals surface area contributed by atoms with Crippen molar-refractivity contribution in [1.29, 1.82) is 0 Å². The van der Waals surface area contributed by atoms with Crippen molar-refractivity contribution in [3.8, 4) is 23.0 Å². The van der Waals surface area contributed by atoms with E-state index in [4.69, 9.17) is 16.6 Å². The Bertz CT molecular complexity index is 2880. The molecule has 20 heteroatoms. The highest BCUT2D eigenvalue weighted by Crippen LogP contribution is 2.63. The first-order valence-corrected chi connectivity index (χ1v) is 21.2. The van der Waals surface area contributed by atoms with Crippen molar-refractivity contribution in [3.63, 3.8) is 0 Å². The van der Waals surface area contributed by atoms with Crippen LogP contribution in [0.25, 0.3) is 22.0 Å². The number of imidazole rings is 1. The van der Waals surface area contributed by atoms with Crippen LogP contribution in [-0.2, 0) is 46.2 Å². The molecule has 0 aliphatic heterocycles. The average Bonchev–Trinajstić information content (AvgIpc) is 3.91. The quantitative estimate of drug-likeness (QED) is 0.0887. The molecule has 1 amide bonds. The summed E-state index contributed by atoms with van der Waals surface area (Å²) < 4.78 is 118. The average molecular weight is 884 g/mol. The summed E-state index contributed by atoms with van der Waals surface area (Å²) in [7, 11) is -2.29. The van der Waals surface area contributed by atoms with Gasteiger partial charge in [0.2, 0.25) is 15.9 Å². The Balaban J connectivity index is 1.29. The number of carbonyl (C=O) groups is 1. The normalized spacial score (nSPS) is 17.4. The molecular formula is C41H36ClF6N9O3S. The van der Waals surface area contributed by atoms with Crippen LogP contribution in [0, 0.1) is 29.4 Å². The van der Waals surface area contributed by atoms with Crippen LogP contribution in [0.3, 0.4) is 0 Å². The number of nitrogens with one attached hydrogen (secondary N) is 3. The molecule has 1 saturated carbocycles. The monoisotopic (exact) mass is 883 g/mol. The Morgan fingerprint density at radius 2 is 1.79 bits per heavy atom. The number of aryl methyl sites for hydroxylation is 1. The summed E-state index contributed by atoms with van der Waals surface area (Å²) in [6.45, 7) is 2.74. The fourth-order valence-corrected chi connectivity index (χ4v) is 9.00. The van der Waals surface area contributed by atoms with Gasteiger partial charge >= 0.3 is 0 Å². The topological polar surface area (TPSA) is 152 Å². The van der Waals surface area contributed by atoms with Gasteiger partial charge in [0.1, 0.15) is 41.1 Å². The van der Waals surface area contributed by atoms with Gasteiger partial charge in [-0.1, -0.05) is 23.6 Å². The highest BCUT2D eigenvalue weighted by molar-refractivity contribution is 7.92. The van der Waals surface area contributed by atoms with Crippen molar-refractivity contribution in [1.82, 2.24) is 39.8 Å². The zero-order valence-corrected chi connectivity index (χ0v) is 34.4. The first-order valence-electron chi connectivity index (χ1n) is 18.9. The van der Waals surface area contributed by atoms with E-state index in [2.05, 4.69) is 42.0 Å². The number of hydrogen-bond acceptors (Lipinski definition) is 7. The third-order valence-corrected chi connectivity index (χ3v) is 11.9. The van der Waals surface area contributed by atoms with Gasteiger partial charge in [-0.2, -0.15) is 19.0 Å². The maximum Gasteiger partial charge on any atom is 0.293 e. The van der Waals surface area contributed by atoms with Crippen molar-refractivity contribution in [2.45, 2.75) is 69.4 Å². The van der Waals surface area contributed by atoms with Crippen LogP contribution >= 0.6 is 11.6 Å². The van der Waals surface area contributed by atoms with Gasteiger partial charge in [0.05, 0.1) is 39.3 Å². The number of H-pyrrole nitrogens is 1. The first-order chi connectivity index (χ1) is 28.7. The predicted octanol–water partition coefficient (Wildman–Crippen LogP) is 7.82. The lowest BCUT2D eigenvalue weighted by molar-refractivity contribution is -0.123. The maximum absolute atomic E-state index is 15.7. The lowest BCUT2D eigenvalue weighted by Gasteiger charge is -2.34. The van der Waals surface area contributed by atoms with Crippen molar-refractivity contribution >= 4 is 44.3 Å². The third kappa shape index (κ3) is 7.82. The minimum absolute atomic E-state index is 0.0653. The Morgan fingerprint density at radius 1 is 1.07 bits per heavy atom. The van der Waals surface area contributed by atoms with Crippen LogP contribution in [-0.4, -0.2) is 55.1 Å². The molecule has 0 unspecified atom stereocenters. The standard InChI is InChI=1S/C41H36ClF6N9O3S/c1-40(2,39-49-13-14-50-39)12-11-23-5-6-24(25-8-10-28(42)32-35(25)56(3)54-38(32)55-61(4,59)60)33(51-23)29(17-20-15-21(43)18-22(44)16-20)52-30(58)19-57-36-31(34(53-57)37(45)46)26-7-9-27(26)41(36,47)48/h5-6,8,10,13-16,18,26-27,29,37H,7,9,17,19H2,1-4H3,(H,49,50)(H,52,58)(H,54,55)/t26-,27+,29-/m0/s1. The SMILES string of the molecule is Cn1nc(NS(C)(=O)=O)c2c(Cl)ccc(-c3ccc(C#CC(C)(C)c4ncc[nH]4)nc3[C@H](Cc3cc(F)cc(F)c3)NC(=O)Cn3nc(C(F)F)c4c3C(F)(F)[C@@H]3CC[C@H]43)c21. The summed E-state index contributed by atoms with van der Waals surface area (Å²) in [6.07, 6.45) is 1.08. The second kappa shape index (κ2) is 15.2. The Hall–Kier alpha value is -5.87. The van der Waals surface area contributed by atoms with Gasteiger partial charge in [0, 0.05) is 48.1 Å².